The maximum Gasteiger partial charge on any atom is 0.135 e. The highest BCUT2D eigenvalue weighted by atomic mass is 19.1. The van der Waals surface area contributed by atoms with E-state index in [1.807, 2.05) is 0 Å². The molecule has 0 fully saturated rings. The van der Waals surface area contributed by atoms with Gasteiger partial charge in [-0.1, -0.05) is 0 Å². The fourth-order valence-corrected chi connectivity index (χ4v) is 1.75. The molecule has 0 saturated heterocycles. The van der Waals surface area contributed by atoms with E-state index in [9.17, 15) is 13.2 Å². The number of rotatable bonds is 1. The predicted octanol–water partition coefficient (Wildman–Crippen LogP) is 3.24. The first-order chi connectivity index (χ1) is 8.41. The maximum atomic E-state index is 13.8. The Balaban J connectivity index is 2.75. The summed E-state index contributed by atoms with van der Waals surface area (Å²) in [5.74, 6) is -2.34. The minimum Gasteiger partial charge on any atom is -0.398 e. The van der Waals surface area contributed by atoms with E-state index in [0.29, 0.717) is 11.6 Å². The van der Waals surface area contributed by atoms with Crippen molar-refractivity contribution in [3.63, 3.8) is 0 Å². The Kier molecular flexibility index (Phi) is 2.90. The molecule has 5 heteroatoms. The van der Waals surface area contributed by atoms with Crippen molar-refractivity contribution in [2.75, 3.05) is 11.5 Å². The summed E-state index contributed by atoms with van der Waals surface area (Å²) in [7, 11) is 0. The number of hydrogen-bond donors (Lipinski definition) is 2. The van der Waals surface area contributed by atoms with E-state index in [-0.39, 0.29) is 22.5 Å². The van der Waals surface area contributed by atoms with Gasteiger partial charge in [0, 0.05) is 28.6 Å². The van der Waals surface area contributed by atoms with Crippen LogP contribution >= 0.6 is 0 Å². The van der Waals surface area contributed by atoms with Crippen LogP contribution in [0.25, 0.3) is 11.1 Å². The normalized spacial score (nSPS) is 10.7. The molecule has 0 spiro atoms. The first kappa shape index (κ1) is 12.3. The highest BCUT2D eigenvalue weighted by Crippen LogP contribution is 2.35. The van der Waals surface area contributed by atoms with Crippen molar-refractivity contribution in [3.8, 4) is 11.1 Å². The lowest BCUT2D eigenvalue weighted by atomic mass is 9.98. The predicted molar refractivity (Wildman–Crippen MR) is 65.3 cm³/mol. The summed E-state index contributed by atoms with van der Waals surface area (Å²) < 4.78 is 40.3. The molecule has 2 rings (SSSR count). The zero-order valence-electron chi connectivity index (χ0n) is 9.60. The molecule has 2 aromatic rings. The molecule has 0 saturated carbocycles. The Bertz CT molecular complexity index is 624. The molecule has 18 heavy (non-hydrogen) atoms. The van der Waals surface area contributed by atoms with Gasteiger partial charge < -0.3 is 11.5 Å². The number of nitrogen functional groups attached to an aromatic ring is 2. The number of anilines is 2. The van der Waals surface area contributed by atoms with Crippen LogP contribution in [0.15, 0.2) is 24.3 Å². The molecule has 2 aromatic carbocycles. The number of benzene rings is 2. The van der Waals surface area contributed by atoms with E-state index < -0.39 is 17.5 Å². The molecule has 2 nitrogen and oxygen atoms in total. The van der Waals surface area contributed by atoms with Gasteiger partial charge in [0.2, 0.25) is 0 Å². The molecular formula is C13H11F3N2. The van der Waals surface area contributed by atoms with Crippen LogP contribution in [0.4, 0.5) is 24.5 Å². The van der Waals surface area contributed by atoms with E-state index >= 15 is 0 Å². The minimum absolute atomic E-state index is 0.0537. The topological polar surface area (TPSA) is 52.0 Å². The lowest BCUT2D eigenvalue weighted by Gasteiger charge is -2.13. The van der Waals surface area contributed by atoms with Gasteiger partial charge in [0.15, 0.2) is 0 Å². The average Bonchev–Trinajstić information content (AvgIpc) is 2.29. The average molecular weight is 252 g/mol. The summed E-state index contributed by atoms with van der Waals surface area (Å²) in [4.78, 5) is 0. The third-order valence-electron chi connectivity index (χ3n) is 2.83. The zero-order valence-corrected chi connectivity index (χ0v) is 9.60. The summed E-state index contributed by atoms with van der Waals surface area (Å²) >= 11 is 0. The first-order valence-electron chi connectivity index (χ1n) is 5.21. The van der Waals surface area contributed by atoms with E-state index in [1.54, 1.807) is 6.92 Å². The van der Waals surface area contributed by atoms with Gasteiger partial charge in [-0.05, 0) is 30.7 Å². The second kappa shape index (κ2) is 4.25. The maximum absolute atomic E-state index is 13.8. The third kappa shape index (κ3) is 1.88. The summed E-state index contributed by atoms with van der Waals surface area (Å²) in [6.45, 7) is 1.61. The molecule has 0 radical (unpaired) electrons. The monoisotopic (exact) mass is 252 g/mol. The van der Waals surface area contributed by atoms with Gasteiger partial charge in [0.05, 0.1) is 0 Å². The van der Waals surface area contributed by atoms with Crippen molar-refractivity contribution in [2.24, 2.45) is 0 Å². The Morgan fingerprint density at radius 2 is 1.61 bits per heavy atom. The molecule has 0 aliphatic carbocycles. The van der Waals surface area contributed by atoms with E-state index in [1.165, 1.54) is 0 Å². The molecule has 0 amide bonds. The smallest absolute Gasteiger partial charge is 0.135 e. The van der Waals surface area contributed by atoms with Crippen LogP contribution in [0.1, 0.15) is 5.56 Å². The molecule has 0 heterocycles. The molecular weight excluding hydrogens is 241 g/mol. The largest absolute Gasteiger partial charge is 0.398 e. The van der Waals surface area contributed by atoms with Crippen LogP contribution < -0.4 is 11.5 Å². The Morgan fingerprint density at radius 1 is 0.944 bits per heavy atom. The molecule has 0 aliphatic rings. The van der Waals surface area contributed by atoms with E-state index in [4.69, 9.17) is 11.5 Å². The number of nitrogens with two attached hydrogens (primary N) is 2. The standard InChI is InChI=1S/C13H11F3N2/c1-6-11(17)5-10(16)12(13(6)18)8-3-2-7(14)4-9(8)15/h2-5H,17-18H2,1H3. The minimum atomic E-state index is -0.871. The van der Waals surface area contributed by atoms with Crippen LogP contribution in [0, 0.1) is 24.4 Å². The molecule has 0 aromatic heterocycles. The fourth-order valence-electron chi connectivity index (χ4n) is 1.75. The summed E-state index contributed by atoms with van der Waals surface area (Å²) in [5.41, 5.74) is 11.8. The van der Waals surface area contributed by atoms with Gasteiger partial charge in [0.1, 0.15) is 17.5 Å². The zero-order chi connectivity index (χ0) is 13.4. The van der Waals surface area contributed by atoms with Crippen molar-refractivity contribution in [3.05, 3.63) is 47.3 Å². The molecule has 0 bridgehead atoms. The van der Waals surface area contributed by atoms with Crippen LogP contribution in [0.2, 0.25) is 0 Å². The molecule has 94 valence electrons. The fraction of sp³-hybridized carbons (Fsp3) is 0.0769. The summed E-state index contributed by atoms with van der Waals surface area (Å²) in [6.07, 6.45) is 0. The van der Waals surface area contributed by atoms with Crippen LogP contribution in [0.5, 0.6) is 0 Å². The Hall–Kier alpha value is -2.17. The van der Waals surface area contributed by atoms with Crippen molar-refractivity contribution in [1.29, 1.82) is 0 Å². The van der Waals surface area contributed by atoms with E-state index in [0.717, 1.165) is 18.2 Å². The summed E-state index contributed by atoms with van der Waals surface area (Å²) in [5, 5.41) is 0. The van der Waals surface area contributed by atoms with Crippen molar-refractivity contribution in [2.45, 2.75) is 6.92 Å². The second-order valence-electron chi connectivity index (χ2n) is 3.99. The van der Waals surface area contributed by atoms with Crippen molar-refractivity contribution < 1.29 is 13.2 Å². The molecule has 0 unspecified atom stereocenters. The van der Waals surface area contributed by atoms with Crippen LogP contribution in [-0.2, 0) is 0 Å². The van der Waals surface area contributed by atoms with Crippen molar-refractivity contribution >= 4 is 11.4 Å². The summed E-state index contributed by atoms with van der Waals surface area (Å²) in [6, 6.07) is 3.95. The van der Waals surface area contributed by atoms with Gasteiger partial charge >= 0.3 is 0 Å². The molecule has 4 N–H and O–H groups in total. The van der Waals surface area contributed by atoms with Crippen LogP contribution in [0.3, 0.4) is 0 Å². The van der Waals surface area contributed by atoms with Gasteiger partial charge in [-0.2, -0.15) is 0 Å². The Morgan fingerprint density at radius 3 is 2.22 bits per heavy atom. The lowest BCUT2D eigenvalue weighted by Crippen LogP contribution is -2.02. The highest BCUT2D eigenvalue weighted by molar-refractivity contribution is 5.82. The first-order valence-corrected chi connectivity index (χ1v) is 5.21. The number of halogens is 3. The van der Waals surface area contributed by atoms with Crippen molar-refractivity contribution in [1.82, 2.24) is 0 Å². The molecule has 0 aliphatic heterocycles. The SMILES string of the molecule is Cc1c(N)cc(F)c(-c2ccc(F)cc2F)c1N. The third-order valence-corrected chi connectivity index (χ3v) is 2.83. The number of hydrogen-bond acceptors (Lipinski definition) is 2. The van der Waals surface area contributed by atoms with Gasteiger partial charge in [-0.25, -0.2) is 13.2 Å². The highest BCUT2D eigenvalue weighted by Gasteiger charge is 2.17. The van der Waals surface area contributed by atoms with E-state index in [2.05, 4.69) is 0 Å². The second-order valence-corrected chi connectivity index (χ2v) is 3.99. The van der Waals surface area contributed by atoms with Gasteiger partial charge in [-0.15, -0.1) is 0 Å². The quantitative estimate of drug-likeness (QED) is 0.765. The molecule has 0 atom stereocenters. The van der Waals surface area contributed by atoms with Gasteiger partial charge in [-0.3, -0.25) is 0 Å². The Labute approximate surface area is 102 Å². The van der Waals surface area contributed by atoms with Gasteiger partial charge in [0.25, 0.3) is 0 Å². The lowest BCUT2D eigenvalue weighted by molar-refractivity contribution is 0.583. The van der Waals surface area contributed by atoms with Crippen LogP contribution in [-0.4, -0.2) is 0 Å².